The number of methoxy groups -OCH3 is 1. The van der Waals surface area contributed by atoms with Crippen molar-refractivity contribution in [3.05, 3.63) is 0 Å². The van der Waals surface area contributed by atoms with Gasteiger partial charge in [0, 0.05) is 26.6 Å². The van der Waals surface area contributed by atoms with Gasteiger partial charge in [-0.25, -0.2) is 0 Å². The Morgan fingerprint density at radius 2 is 2.29 bits per heavy atom. The molecule has 0 aliphatic carbocycles. The van der Waals surface area contributed by atoms with E-state index in [1.165, 1.54) is 6.42 Å². The van der Waals surface area contributed by atoms with Gasteiger partial charge in [0.2, 0.25) is 5.91 Å². The van der Waals surface area contributed by atoms with Gasteiger partial charge in [0.1, 0.15) is 0 Å². The van der Waals surface area contributed by atoms with E-state index >= 15 is 0 Å². The van der Waals surface area contributed by atoms with Crippen molar-refractivity contribution in [3.8, 4) is 0 Å². The third kappa shape index (κ3) is 3.68. The Morgan fingerprint density at radius 1 is 1.41 bits per heavy atom. The normalized spacial score (nSPS) is 29.6. The number of nitrogens with zero attached hydrogens (tertiary/aromatic N) is 1. The highest BCUT2D eigenvalue weighted by Gasteiger charge is 2.26. The first-order chi connectivity index (χ1) is 8.29. The van der Waals surface area contributed by atoms with Crippen molar-refractivity contribution in [1.82, 2.24) is 10.2 Å². The van der Waals surface area contributed by atoms with Crippen molar-refractivity contribution in [3.63, 3.8) is 0 Å². The molecule has 2 aliphatic rings. The second-order valence-electron chi connectivity index (χ2n) is 5.37. The molecule has 1 N–H and O–H groups in total. The van der Waals surface area contributed by atoms with Crippen LogP contribution in [0.2, 0.25) is 0 Å². The van der Waals surface area contributed by atoms with E-state index in [9.17, 15) is 4.79 Å². The predicted molar refractivity (Wildman–Crippen MR) is 66.8 cm³/mol. The summed E-state index contributed by atoms with van der Waals surface area (Å²) < 4.78 is 5.19. The van der Waals surface area contributed by atoms with E-state index in [1.807, 2.05) is 4.90 Å². The zero-order valence-corrected chi connectivity index (χ0v) is 10.8. The highest BCUT2D eigenvalue weighted by atomic mass is 16.5. The van der Waals surface area contributed by atoms with Gasteiger partial charge in [0.05, 0.1) is 6.61 Å². The first-order valence-electron chi connectivity index (χ1n) is 6.77. The number of ether oxygens (including phenoxy) is 1. The first kappa shape index (κ1) is 12.8. The van der Waals surface area contributed by atoms with E-state index in [0.717, 1.165) is 52.0 Å². The Balaban J connectivity index is 1.77. The Kier molecular flexibility index (Phi) is 4.80. The maximum Gasteiger partial charge on any atom is 0.222 e. The molecule has 17 heavy (non-hydrogen) atoms. The fourth-order valence-electron chi connectivity index (χ4n) is 2.93. The standard InChI is InChI=1S/C13H24N2O2/c1-17-10-12-3-2-6-15(9-12)13(16)7-11-4-5-14-8-11/h11-12,14H,2-10H2,1H3. The van der Waals surface area contributed by atoms with Gasteiger partial charge in [-0.2, -0.15) is 0 Å². The second-order valence-corrected chi connectivity index (χ2v) is 5.37. The minimum atomic E-state index is 0.347. The van der Waals surface area contributed by atoms with Gasteiger partial charge in [-0.3, -0.25) is 4.79 Å². The van der Waals surface area contributed by atoms with Crippen LogP contribution in [-0.4, -0.2) is 50.7 Å². The average molecular weight is 240 g/mol. The Bertz CT molecular complexity index is 250. The number of likely N-dealkylation sites (tertiary alicyclic amines) is 1. The topological polar surface area (TPSA) is 41.6 Å². The molecule has 4 nitrogen and oxygen atoms in total. The lowest BCUT2D eigenvalue weighted by molar-refractivity contribution is -0.134. The number of hydrogen-bond donors (Lipinski definition) is 1. The maximum absolute atomic E-state index is 12.2. The van der Waals surface area contributed by atoms with Crippen molar-refractivity contribution in [1.29, 1.82) is 0 Å². The van der Waals surface area contributed by atoms with E-state index in [-0.39, 0.29) is 0 Å². The molecule has 2 saturated heterocycles. The highest BCUT2D eigenvalue weighted by molar-refractivity contribution is 5.76. The summed E-state index contributed by atoms with van der Waals surface area (Å²) in [6.45, 7) is 4.71. The second kappa shape index (κ2) is 6.36. The van der Waals surface area contributed by atoms with Crippen molar-refractivity contribution in [2.75, 3.05) is 39.9 Å². The molecule has 0 aromatic rings. The van der Waals surface area contributed by atoms with E-state index in [4.69, 9.17) is 4.74 Å². The quantitative estimate of drug-likeness (QED) is 0.793. The summed E-state index contributed by atoms with van der Waals surface area (Å²) in [5, 5.41) is 3.32. The van der Waals surface area contributed by atoms with Crippen LogP contribution in [0.4, 0.5) is 0 Å². The van der Waals surface area contributed by atoms with Crippen molar-refractivity contribution in [2.24, 2.45) is 11.8 Å². The molecule has 2 atom stereocenters. The van der Waals surface area contributed by atoms with Crippen molar-refractivity contribution >= 4 is 5.91 Å². The monoisotopic (exact) mass is 240 g/mol. The molecule has 0 aromatic heterocycles. The molecule has 98 valence electrons. The van der Waals surface area contributed by atoms with Crippen molar-refractivity contribution in [2.45, 2.75) is 25.7 Å². The molecule has 0 saturated carbocycles. The molecule has 0 spiro atoms. The van der Waals surface area contributed by atoms with Crippen LogP contribution in [0.3, 0.4) is 0 Å². The Morgan fingerprint density at radius 3 is 3.00 bits per heavy atom. The summed E-state index contributed by atoms with van der Waals surface area (Å²) in [5.41, 5.74) is 0. The van der Waals surface area contributed by atoms with Crippen molar-refractivity contribution < 1.29 is 9.53 Å². The average Bonchev–Trinajstić information content (AvgIpc) is 2.83. The van der Waals surface area contributed by atoms with Gasteiger partial charge >= 0.3 is 0 Å². The van der Waals surface area contributed by atoms with E-state index < -0.39 is 0 Å². The third-order valence-electron chi connectivity index (χ3n) is 3.90. The molecule has 2 heterocycles. The van der Waals surface area contributed by atoms with E-state index in [1.54, 1.807) is 7.11 Å². The van der Waals surface area contributed by atoms with Crippen LogP contribution < -0.4 is 5.32 Å². The molecular formula is C13H24N2O2. The van der Waals surface area contributed by atoms with E-state index in [2.05, 4.69) is 5.32 Å². The number of carbonyl (C=O) groups is 1. The van der Waals surface area contributed by atoms with Gasteiger partial charge in [-0.05, 0) is 44.2 Å². The molecule has 1 amide bonds. The van der Waals surface area contributed by atoms with Crippen LogP contribution >= 0.6 is 0 Å². The van der Waals surface area contributed by atoms with Crippen LogP contribution in [0.1, 0.15) is 25.7 Å². The molecule has 0 radical (unpaired) electrons. The summed E-state index contributed by atoms with van der Waals surface area (Å²) in [5.74, 6) is 1.45. The van der Waals surface area contributed by atoms with Gasteiger partial charge in [-0.1, -0.05) is 0 Å². The minimum Gasteiger partial charge on any atom is -0.384 e. The summed E-state index contributed by atoms with van der Waals surface area (Å²) in [7, 11) is 1.74. The summed E-state index contributed by atoms with van der Waals surface area (Å²) in [6, 6.07) is 0. The van der Waals surface area contributed by atoms with Crippen LogP contribution in [0.5, 0.6) is 0 Å². The molecule has 0 aromatic carbocycles. The molecule has 2 rings (SSSR count). The van der Waals surface area contributed by atoms with Gasteiger partial charge in [0.25, 0.3) is 0 Å². The minimum absolute atomic E-state index is 0.347. The van der Waals surface area contributed by atoms with Gasteiger partial charge in [-0.15, -0.1) is 0 Å². The number of rotatable bonds is 4. The summed E-state index contributed by atoms with van der Waals surface area (Å²) in [6.07, 6.45) is 4.21. The van der Waals surface area contributed by atoms with E-state index in [0.29, 0.717) is 17.7 Å². The molecule has 2 aliphatic heterocycles. The molecule has 0 bridgehead atoms. The number of amides is 1. The summed E-state index contributed by atoms with van der Waals surface area (Å²) in [4.78, 5) is 14.2. The van der Waals surface area contributed by atoms with Crippen LogP contribution in [0.15, 0.2) is 0 Å². The summed E-state index contributed by atoms with van der Waals surface area (Å²) >= 11 is 0. The zero-order chi connectivity index (χ0) is 12.1. The molecule has 2 fully saturated rings. The number of carbonyl (C=O) groups excluding carboxylic acids is 1. The lowest BCUT2D eigenvalue weighted by atomic mass is 9.97. The fraction of sp³-hybridized carbons (Fsp3) is 0.923. The molecule has 4 heteroatoms. The number of hydrogen-bond acceptors (Lipinski definition) is 3. The highest BCUT2D eigenvalue weighted by Crippen LogP contribution is 2.20. The lowest BCUT2D eigenvalue weighted by Gasteiger charge is -2.33. The fourth-order valence-corrected chi connectivity index (χ4v) is 2.93. The molecular weight excluding hydrogens is 216 g/mol. The Hall–Kier alpha value is -0.610. The Labute approximate surface area is 104 Å². The maximum atomic E-state index is 12.2. The van der Waals surface area contributed by atoms with Gasteiger partial charge < -0.3 is 15.0 Å². The molecule has 2 unspecified atom stereocenters. The van der Waals surface area contributed by atoms with Crippen LogP contribution in [-0.2, 0) is 9.53 Å². The van der Waals surface area contributed by atoms with Crippen LogP contribution in [0, 0.1) is 11.8 Å². The zero-order valence-electron chi connectivity index (χ0n) is 10.8. The first-order valence-corrected chi connectivity index (χ1v) is 6.77. The third-order valence-corrected chi connectivity index (χ3v) is 3.90. The van der Waals surface area contributed by atoms with Gasteiger partial charge in [0.15, 0.2) is 0 Å². The van der Waals surface area contributed by atoms with Crippen LogP contribution in [0.25, 0.3) is 0 Å². The SMILES string of the molecule is COCC1CCCN(C(=O)CC2CCNC2)C1. The number of piperidine rings is 1. The largest absolute Gasteiger partial charge is 0.384 e. The predicted octanol–water partition coefficient (Wildman–Crippen LogP) is 0.871. The number of nitrogens with one attached hydrogen (secondary N) is 1. The lowest BCUT2D eigenvalue weighted by Crippen LogP contribution is -2.41. The smallest absolute Gasteiger partial charge is 0.222 e.